The van der Waals surface area contributed by atoms with Crippen molar-refractivity contribution in [2.24, 2.45) is 0 Å². The Morgan fingerprint density at radius 3 is 2.64 bits per heavy atom. The van der Waals surface area contributed by atoms with Crippen LogP contribution in [0, 0.1) is 17.2 Å². The molecule has 0 aromatic heterocycles. The number of benzene rings is 1. The van der Waals surface area contributed by atoms with Crippen LogP contribution in [0.25, 0.3) is 0 Å². The van der Waals surface area contributed by atoms with Crippen LogP contribution in [-0.4, -0.2) is 11.1 Å². The summed E-state index contributed by atoms with van der Waals surface area (Å²) in [6, 6.07) is 5.46. The molecule has 0 aliphatic heterocycles. The van der Waals surface area contributed by atoms with Crippen LogP contribution >= 0.6 is 0 Å². The van der Waals surface area contributed by atoms with Crippen molar-refractivity contribution in [3.63, 3.8) is 0 Å². The highest BCUT2D eigenvalue weighted by Crippen LogP contribution is 2.25. The average Bonchev–Trinajstić information content (AvgIpc) is 2.18. The van der Waals surface area contributed by atoms with Gasteiger partial charge in [0.25, 0.3) is 0 Å². The molecule has 0 amide bonds. The lowest BCUT2D eigenvalue weighted by molar-refractivity contribution is -0.385. The third-order valence-corrected chi connectivity index (χ3v) is 1.37. The third kappa shape index (κ3) is 2.19. The van der Waals surface area contributed by atoms with Crippen LogP contribution in [0.15, 0.2) is 24.3 Å². The first-order valence-electron chi connectivity index (χ1n) is 3.52. The number of rotatable bonds is 2. The largest absolute Gasteiger partial charge is 0.514 e. The lowest BCUT2D eigenvalue weighted by Gasteiger charge is -2.01. The number of nitro benzene ring substituents is 1. The first kappa shape index (κ1) is 9.97. The Morgan fingerprint density at radius 1 is 1.43 bits per heavy atom. The molecule has 1 aromatic rings. The van der Waals surface area contributed by atoms with Gasteiger partial charge in [-0.2, -0.15) is 0 Å². The molecule has 6 nitrogen and oxygen atoms in total. The van der Waals surface area contributed by atoms with Crippen molar-refractivity contribution >= 4 is 11.8 Å². The summed E-state index contributed by atoms with van der Waals surface area (Å²) in [5.74, 6) is -0.175. The quantitative estimate of drug-likeness (QED) is 0.312. The van der Waals surface area contributed by atoms with E-state index in [-0.39, 0.29) is 11.4 Å². The topological polar surface area (TPSA) is 78.7 Å². The zero-order chi connectivity index (χ0) is 10.6. The molecule has 0 heterocycles. The molecule has 14 heavy (non-hydrogen) atoms. The highest BCUT2D eigenvalue weighted by Gasteiger charge is 2.16. The molecule has 0 aliphatic rings. The zero-order valence-electron chi connectivity index (χ0n) is 7.00. The Kier molecular flexibility index (Phi) is 3.01. The van der Waals surface area contributed by atoms with Crippen LogP contribution in [0.3, 0.4) is 0 Å². The second-order valence-electron chi connectivity index (χ2n) is 2.22. The fraction of sp³-hybridized carbons (Fsp3) is 0. The zero-order valence-corrected chi connectivity index (χ0v) is 7.00. The standard InChI is InChI=1S/C8H6NO5/c1-13-8(10)14-7-5-3-2-4-6(7)9(11)12/h2-5H,1H2. The molecule has 0 spiro atoms. The second kappa shape index (κ2) is 4.22. The molecule has 1 rings (SSSR count). The summed E-state index contributed by atoms with van der Waals surface area (Å²) < 4.78 is 8.45. The highest BCUT2D eigenvalue weighted by molar-refractivity contribution is 5.66. The van der Waals surface area contributed by atoms with Gasteiger partial charge in [-0.15, -0.1) is 0 Å². The van der Waals surface area contributed by atoms with Crippen molar-refractivity contribution in [2.45, 2.75) is 0 Å². The van der Waals surface area contributed by atoms with Gasteiger partial charge in [0.15, 0.2) is 0 Å². The molecule has 0 aliphatic carbocycles. The molecular formula is C8H6NO5. The number of nitrogens with zero attached hydrogens (tertiary/aromatic N) is 1. The lowest BCUT2D eigenvalue weighted by atomic mass is 10.3. The molecule has 73 valence electrons. The smallest absolute Gasteiger partial charge is 0.430 e. The number of hydrogen-bond donors (Lipinski definition) is 0. The minimum atomic E-state index is -1.10. The molecule has 6 heteroatoms. The maximum atomic E-state index is 10.6. The van der Waals surface area contributed by atoms with Gasteiger partial charge in [-0.05, 0) is 6.07 Å². The van der Waals surface area contributed by atoms with Gasteiger partial charge in [-0.25, -0.2) is 4.79 Å². The van der Waals surface area contributed by atoms with Crippen LogP contribution in [0.1, 0.15) is 0 Å². The number of carbonyl (C=O) groups excluding carboxylic acids is 1. The fourth-order valence-corrected chi connectivity index (χ4v) is 0.814. The fourth-order valence-electron chi connectivity index (χ4n) is 0.814. The van der Waals surface area contributed by atoms with Gasteiger partial charge < -0.3 is 9.47 Å². The number of para-hydroxylation sites is 2. The van der Waals surface area contributed by atoms with Crippen molar-refractivity contribution in [2.75, 3.05) is 0 Å². The summed E-state index contributed by atoms with van der Waals surface area (Å²) in [4.78, 5) is 20.4. The van der Waals surface area contributed by atoms with Crippen LogP contribution < -0.4 is 4.74 Å². The van der Waals surface area contributed by atoms with Crippen LogP contribution in [0.5, 0.6) is 5.75 Å². The molecular weight excluding hydrogens is 190 g/mol. The van der Waals surface area contributed by atoms with E-state index in [2.05, 4.69) is 16.6 Å². The van der Waals surface area contributed by atoms with Gasteiger partial charge in [0.05, 0.1) is 4.92 Å². The van der Waals surface area contributed by atoms with Gasteiger partial charge >= 0.3 is 11.8 Å². The first-order chi connectivity index (χ1) is 6.65. The van der Waals surface area contributed by atoms with E-state index < -0.39 is 11.1 Å². The predicted molar refractivity (Wildman–Crippen MR) is 45.6 cm³/mol. The molecule has 0 unspecified atom stereocenters. The van der Waals surface area contributed by atoms with Crippen molar-refractivity contribution in [1.29, 1.82) is 0 Å². The summed E-state index contributed by atoms with van der Waals surface area (Å²) in [5, 5.41) is 10.4. The van der Waals surface area contributed by atoms with E-state index in [4.69, 9.17) is 0 Å². The van der Waals surface area contributed by atoms with Gasteiger partial charge in [-0.1, -0.05) is 12.1 Å². The van der Waals surface area contributed by atoms with Crippen LogP contribution in [0.2, 0.25) is 0 Å². The minimum Gasteiger partial charge on any atom is -0.430 e. The minimum absolute atomic E-state index is 0.175. The van der Waals surface area contributed by atoms with Gasteiger partial charge in [0.1, 0.15) is 7.11 Å². The summed E-state index contributed by atoms with van der Waals surface area (Å²) in [5.41, 5.74) is -0.307. The van der Waals surface area contributed by atoms with Gasteiger partial charge in [0.2, 0.25) is 5.75 Å². The maximum Gasteiger partial charge on any atom is 0.514 e. The van der Waals surface area contributed by atoms with Gasteiger partial charge in [-0.3, -0.25) is 10.1 Å². The SMILES string of the molecule is [CH2]OC(=O)Oc1ccccc1[N+](=O)[O-]. The molecule has 0 saturated carbocycles. The Balaban J connectivity index is 2.95. The van der Waals surface area contributed by atoms with E-state index >= 15 is 0 Å². The summed E-state index contributed by atoms with van der Waals surface area (Å²) in [7, 11) is 2.81. The van der Waals surface area contributed by atoms with E-state index in [1.165, 1.54) is 24.3 Å². The number of ether oxygens (including phenoxy) is 2. The Morgan fingerprint density at radius 2 is 2.07 bits per heavy atom. The molecule has 1 aromatic carbocycles. The Bertz CT molecular complexity index is 363. The van der Waals surface area contributed by atoms with E-state index in [0.717, 1.165) is 0 Å². The number of nitro groups is 1. The van der Waals surface area contributed by atoms with Crippen molar-refractivity contribution in [1.82, 2.24) is 0 Å². The normalized spacial score (nSPS) is 9.21. The lowest BCUT2D eigenvalue weighted by Crippen LogP contribution is -2.07. The maximum absolute atomic E-state index is 10.6. The third-order valence-electron chi connectivity index (χ3n) is 1.37. The second-order valence-corrected chi connectivity index (χ2v) is 2.22. The molecule has 1 radical (unpaired) electrons. The van der Waals surface area contributed by atoms with Crippen LogP contribution in [0.4, 0.5) is 10.5 Å². The average molecular weight is 196 g/mol. The molecule has 0 N–H and O–H groups in total. The van der Waals surface area contributed by atoms with E-state index in [1.807, 2.05) is 0 Å². The molecule has 0 atom stereocenters. The molecule has 0 bridgehead atoms. The Labute approximate surface area is 79.2 Å². The first-order valence-corrected chi connectivity index (χ1v) is 3.52. The van der Waals surface area contributed by atoms with E-state index in [9.17, 15) is 14.9 Å². The number of carbonyl (C=O) groups is 1. The van der Waals surface area contributed by atoms with E-state index in [1.54, 1.807) is 0 Å². The van der Waals surface area contributed by atoms with E-state index in [0.29, 0.717) is 0 Å². The predicted octanol–water partition coefficient (Wildman–Crippen LogP) is 1.90. The van der Waals surface area contributed by atoms with Crippen molar-refractivity contribution < 1.29 is 19.2 Å². The summed E-state index contributed by atoms with van der Waals surface area (Å²) in [6.07, 6.45) is -1.10. The summed E-state index contributed by atoms with van der Waals surface area (Å²) >= 11 is 0. The highest BCUT2D eigenvalue weighted by atomic mass is 16.7. The number of hydrogen-bond acceptors (Lipinski definition) is 5. The molecule has 0 fully saturated rings. The monoisotopic (exact) mass is 196 g/mol. The van der Waals surface area contributed by atoms with Crippen molar-refractivity contribution in [3.05, 3.63) is 41.5 Å². The van der Waals surface area contributed by atoms with Crippen LogP contribution in [-0.2, 0) is 4.74 Å². The van der Waals surface area contributed by atoms with Crippen molar-refractivity contribution in [3.8, 4) is 5.75 Å². The molecule has 0 saturated heterocycles. The Hall–Kier alpha value is -2.11. The van der Waals surface area contributed by atoms with Gasteiger partial charge in [0, 0.05) is 6.07 Å². The summed E-state index contributed by atoms with van der Waals surface area (Å²) in [6.45, 7) is 0.